The van der Waals surface area contributed by atoms with Gasteiger partial charge in [0.05, 0.1) is 12.6 Å². The molecule has 0 spiro atoms. The van der Waals surface area contributed by atoms with Crippen molar-refractivity contribution >= 4 is 11.7 Å². The summed E-state index contributed by atoms with van der Waals surface area (Å²) >= 11 is 0. The van der Waals surface area contributed by atoms with E-state index in [-0.39, 0.29) is 18.0 Å². The van der Waals surface area contributed by atoms with Crippen LogP contribution in [0.4, 0.5) is 5.82 Å². The molecule has 1 amide bonds. The van der Waals surface area contributed by atoms with Gasteiger partial charge in [-0.25, -0.2) is 0 Å². The average molecular weight is 348 g/mol. The van der Waals surface area contributed by atoms with Crippen molar-refractivity contribution in [1.29, 1.82) is 0 Å². The molecule has 25 heavy (non-hydrogen) atoms. The predicted octanol–water partition coefficient (Wildman–Crippen LogP) is 1.26. The maximum absolute atomic E-state index is 12.3. The van der Waals surface area contributed by atoms with Crippen LogP contribution in [0.25, 0.3) is 0 Å². The van der Waals surface area contributed by atoms with Gasteiger partial charge in [0.1, 0.15) is 5.76 Å². The Morgan fingerprint density at radius 3 is 2.92 bits per heavy atom. The number of hydrogen-bond acceptors (Lipinski definition) is 8. The highest BCUT2D eigenvalue weighted by Crippen LogP contribution is 2.14. The third-order valence-electron chi connectivity index (χ3n) is 4.20. The number of nitrogens with zero attached hydrogens (tertiary/aromatic N) is 4. The molecule has 1 aliphatic rings. The number of hydrogen-bond donors (Lipinski definition) is 2. The Morgan fingerprint density at radius 2 is 2.24 bits per heavy atom. The molecule has 2 atom stereocenters. The van der Waals surface area contributed by atoms with Gasteiger partial charge in [0, 0.05) is 25.6 Å². The van der Waals surface area contributed by atoms with Crippen molar-refractivity contribution in [2.45, 2.75) is 52.2 Å². The molecule has 0 bridgehead atoms. The van der Waals surface area contributed by atoms with Crippen molar-refractivity contribution in [3.05, 3.63) is 23.5 Å². The molecule has 1 fully saturated rings. The van der Waals surface area contributed by atoms with Crippen LogP contribution in [0.5, 0.6) is 0 Å². The first kappa shape index (κ1) is 17.6. The summed E-state index contributed by atoms with van der Waals surface area (Å²) in [7, 11) is 0. The van der Waals surface area contributed by atoms with Crippen LogP contribution in [0.1, 0.15) is 37.2 Å². The van der Waals surface area contributed by atoms with Crippen molar-refractivity contribution in [2.24, 2.45) is 0 Å². The van der Waals surface area contributed by atoms with E-state index in [4.69, 9.17) is 9.05 Å². The highest BCUT2D eigenvalue weighted by atomic mass is 16.5. The minimum Gasteiger partial charge on any atom is -0.360 e. The second-order valence-electron chi connectivity index (χ2n) is 6.50. The van der Waals surface area contributed by atoms with Crippen molar-refractivity contribution in [2.75, 3.05) is 18.4 Å². The molecule has 3 heterocycles. The summed E-state index contributed by atoms with van der Waals surface area (Å²) in [5.41, 5.74) is 0. The molecule has 0 radical (unpaired) electrons. The first-order valence-electron chi connectivity index (χ1n) is 8.51. The quantitative estimate of drug-likeness (QED) is 0.803. The molecule has 0 unspecified atom stereocenters. The summed E-state index contributed by atoms with van der Waals surface area (Å²) < 4.78 is 9.97. The summed E-state index contributed by atoms with van der Waals surface area (Å²) in [6, 6.07) is 1.61. The molecule has 2 N–H and O–H groups in total. The lowest BCUT2D eigenvalue weighted by Gasteiger charge is -2.33. The zero-order valence-electron chi connectivity index (χ0n) is 14.8. The first-order chi connectivity index (χ1) is 12.0. The summed E-state index contributed by atoms with van der Waals surface area (Å²) in [6.45, 7) is 7.91. The molecule has 1 saturated heterocycles. The topological polar surface area (TPSA) is 109 Å². The highest BCUT2D eigenvalue weighted by Gasteiger charge is 2.24. The Hall–Kier alpha value is -2.26. The molecule has 9 nitrogen and oxygen atoms in total. The van der Waals surface area contributed by atoms with Gasteiger partial charge in [-0.2, -0.15) is 4.98 Å². The van der Waals surface area contributed by atoms with Gasteiger partial charge in [-0.05, 0) is 33.2 Å². The number of amides is 1. The van der Waals surface area contributed by atoms with E-state index in [1.54, 1.807) is 19.9 Å². The van der Waals surface area contributed by atoms with Gasteiger partial charge in [-0.15, -0.1) is 0 Å². The van der Waals surface area contributed by atoms with Gasteiger partial charge >= 0.3 is 0 Å². The van der Waals surface area contributed by atoms with Crippen LogP contribution in [0.3, 0.4) is 0 Å². The Morgan fingerprint density at radius 1 is 1.40 bits per heavy atom. The Bertz CT molecular complexity index is 712. The van der Waals surface area contributed by atoms with Crippen LogP contribution >= 0.6 is 0 Å². The standard InChI is InChI=1S/C16H24N6O3/c1-10-7-14(20-24-10)19-16(23)11(2)17-13-5-4-6-22(8-13)9-15-18-12(3)25-21-15/h7,11,13,17H,4-6,8-9H2,1-3H3,(H,19,20,23)/t11-,13+/m1/s1. The molecule has 0 saturated carbocycles. The van der Waals surface area contributed by atoms with Crippen LogP contribution < -0.4 is 10.6 Å². The lowest BCUT2D eigenvalue weighted by atomic mass is 10.0. The van der Waals surface area contributed by atoms with Crippen molar-refractivity contribution in [3.63, 3.8) is 0 Å². The van der Waals surface area contributed by atoms with Gasteiger partial charge in [-0.1, -0.05) is 10.3 Å². The van der Waals surface area contributed by atoms with E-state index in [9.17, 15) is 4.79 Å². The number of likely N-dealkylation sites (tertiary alicyclic amines) is 1. The molecule has 0 aromatic carbocycles. The fraction of sp³-hybridized carbons (Fsp3) is 0.625. The maximum atomic E-state index is 12.3. The minimum atomic E-state index is -0.325. The number of anilines is 1. The number of aromatic nitrogens is 3. The average Bonchev–Trinajstić information content (AvgIpc) is 3.16. The maximum Gasteiger partial charge on any atom is 0.242 e. The molecule has 3 rings (SSSR count). The van der Waals surface area contributed by atoms with E-state index >= 15 is 0 Å². The number of carbonyl (C=O) groups is 1. The number of aryl methyl sites for hydroxylation is 2. The summed E-state index contributed by atoms with van der Waals surface area (Å²) in [5, 5.41) is 13.9. The summed E-state index contributed by atoms with van der Waals surface area (Å²) in [4.78, 5) is 18.8. The second kappa shape index (κ2) is 7.75. The lowest BCUT2D eigenvalue weighted by Crippen LogP contribution is -2.51. The van der Waals surface area contributed by atoms with Gasteiger partial charge in [0.2, 0.25) is 11.8 Å². The second-order valence-corrected chi connectivity index (χ2v) is 6.50. The van der Waals surface area contributed by atoms with Gasteiger partial charge in [0.25, 0.3) is 0 Å². The van der Waals surface area contributed by atoms with Crippen molar-refractivity contribution < 1.29 is 13.8 Å². The smallest absolute Gasteiger partial charge is 0.242 e. The molecule has 1 aliphatic heterocycles. The largest absolute Gasteiger partial charge is 0.360 e. The van der Waals surface area contributed by atoms with Gasteiger partial charge < -0.3 is 19.7 Å². The van der Waals surface area contributed by atoms with E-state index in [0.29, 0.717) is 29.8 Å². The van der Waals surface area contributed by atoms with Crippen LogP contribution in [-0.4, -0.2) is 51.3 Å². The van der Waals surface area contributed by atoms with Gasteiger partial charge in [-0.3, -0.25) is 9.69 Å². The highest BCUT2D eigenvalue weighted by molar-refractivity contribution is 5.93. The molecule has 9 heteroatoms. The molecule has 0 aliphatic carbocycles. The van der Waals surface area contributed by atoms with Crippen LogP contribution in [0.2, 0.25) is 0 Å². The number of carbonyl (C=O) groups excluding carboxylic acids is 1. The van der Waals surface area contributed by atoms with E-state index in [2.05, 4.69) is 30.8 Å². The third-order valence-corrected chi connectivity index (χ3v) is 4.20. The predicted molar refractivity (Wildman–Crippen MR) is 89.8 cm³/mol. The summed E-state index contributed by atoms with van der Waals surface area (Å²) in [5.74, 6) is 2.25. The van der Waals surface area contributed by atoms with Crippen LogP contribution in [-0.2, 0) is 11.3 Å². The van der Waals surface area contributed by atoms with E-state index in [1.165, 1.54) is 0 Å². The first-order valence-corrected chi connectivity index (χ1v) is 8.51. The van der Waals surface area contributed by atoms with Crippen molar-refractivity contribution in [3.8, 4) is 0 Å². The third kappa shape index (κ3) is 4.86. The number of nitrogens with one attached hydrogen (secondary N) is 2. The van der Waals surface area contributed by atoms with Gasteiger partial charge in [0.15, 0.2) is 11.6 Å². The zero-order chi connectivity index (χ0) is 17.8. The fourth-order valence-electron chi connectivity index (χ4n) is 3.03. The molecule has 136 valence electrons. The van der Waals surface area contributed by atoms with E-state index in [0.717, 1.165) is 25.9 Å². The minimum absolute atomic E-state index is 0.126. The molecule has 2 aromatic rings. The molecular weight excluding hydrogens is 324 g/mol. The number of piperidine rings is 1. The SMILES string of the molecule is Cc1cc(NC(=O)[C@@H](C)N[C@H]2CCCN(Cc3noc(C)n3)C2)no1. The Kier molecular flexibility index (Phi) is 5.44. The lowest BCUT2D eigenvalue weighted by molar-refractivity contribution is -0.118. The Balaban J connectivity index is 1.48. The normalized spacial score (nSPS) is 19.7. The van der Waals surface area contributed by atoms with Crippen LogP contribution in [0.15, 0.2) is 15.1 Å². The monoisotopic (exact) mass is 348 g/mol. The van der Waals surface area contributed by atoms with E-state index in [1.807, 2.05) is 6.92 Å². The summed E-state index contributed by atoms with van der Waals surface area (Å²) in [6.07, 6.45) is 2.09. The van der Waals surface area contributed by atoms with Crippen LogP contribution in [0, 0.1) is 13.8 Å². The number of rotatable bonds is 6. The molecular formula is C16H24N6O3. The zero-order valence-corrected chi connectivity index (χ0v) is 14.8. The van der Waals surface area contributed by atoms with E-state index < -0.39 is 0 Å². The fourth-order valence-corrected chi connectivity index (χ4v) is 3.03. The Labute approximate surface area is 146 Å². The van der Waals surface area contributed by atoms with Crippen molar-refractivity contribution in [1.82, 2.24) is 25.5 Å². The molecule has 2 aromatic heterocycles.